The molecule has 2 N–H and O–H groups in total. The first-order valence-electron chi connectivity index (χ1n) is 9.27. The molecule has 6 nitrogen and oxygen atoms in total. The maximum atomic E-state index is 12.7. The Kier molecular flexibility index (Phi) is 5.01. The van der Waals surface area contributed by atoms with Crippen LogP contribution in [0.1, 0.15) is 62.3 Å². The third kappa shape index (κ3) is 3.24. The van der Waals surface area contributed by atoms with Crippen molar-refractivity contribution in [2.24, 2.45) is 0 Å². The molecule has 4 rings (SSSR count). The number of aromatic nitrogens is 3. The Morgan fingerprint density at radius 3 is 2.64 bits per heavy atom. The number of carbonyl (C=O) groups excluding carboxylic acids is 2. The number of ketones is 2. The van der Waals surface area contributed by atoms with Gasteiger partial charge >= 0.3 is 0 Å². The number of nitrogens with zero attached hydrogens (tertiary/aromatic N) is 1. The molecule has 0 saturated carbocycles. The summed E-state index contributed by atoms with van der Waals surface area (Å²) < 4.78 is 0. The molecule has 0 amide bonds. The zero-order valence-corrected chi connectivity index (χ0v) is 17.7. The number of carbonyl (C=O) groups is 2. The van der Waals surface area contributed by atoms with E-state index in [0.717, 1.165) is 41.5 Å². The normalized spacial score (nSPS) is 13.7. The van der Waals surface area contributed by atoms with Crippen molar-refractivity contribution in [3.05, 3.63) is 43.3 Å². The molecule has 1 aliphatic carbocycles. The van der Waals surface area contributed by atoms with Gasteiger partial charge < -0.3 is 9.97 Å². The molecule has 3 aromatic rings. The van der Waals surface area contributed by atoms with Gasteiger partial charge in [-0.15, -0.1) is 11.3 Å². The van der Waals surface area contributed by atoms with E-state index in [0.29, 0.717) is 27.7 Å². The van der Waals surface area contributed by atoms with Crippen molar-refractivity contribution >= 4 is 44.9 Å². The van der Waals surface area contributed by atoms with E-state index in [9.17, 15) is 14.4 Å². The fourth-order valence-corrected chi connectivity index (χ4v) is 6.03. The van der Waals surface area contributed by atoms with Crippen LogP contribution in [0.2, 0.25) is 0 Å². The largest absolute Gasteiger partial charge is 0.355 e. The maximum Gasteiger partial charge on any atom is 0.260 e. The van der Waals surface area contributed by atoms with E-state index >= 15 is 0 Å². The van der Waals surface area contributed by atoms with Crippen molar-refractivity contribution < 1.29 is 9.59 Å². The van der Waals surface area contributed by atoms with E-state index < -0.39 is 0 Å². The predicted molar refractivity (Wildman–Crippen MR) is 112 cm³/mol. The molecule has 0 bridgehead atoms. The first kappa shape index (κ1) is 19.1. The highest BCUT2D eigenvalue weighted by atomic mass is 32.2. The van der Waals surface area contributed by atoms with Crippen molar-refractivity contribution in [3.63, 3.8) is 0 Å². The van der Waals surface area contributed by atoms with Crippen LogP contribution in [0.3, 0.4) is 0 Å². The van der Waals surface area contributed by atoms with Crippen molar-refractivity contribution in [1.82, 2.24) is 15.0 Å². The summed E-state index contributed by atoms with van der Waals surface area (Å²) in [5.74, 6) is -0.0418. The summed E-state index contributed by atoms with van der Waals surface area (Å²) in [6.45, 7) is 5.07. The summed E-state index contributed by atoms with van der Waals surface area (Å²) in [7, 11) is 0. The van der Waals surface area contributed by atoms with Crippen LogP contribution in [0.4, 0.5) is 0 Å². The summed E-state index contributed by atoms with van der Waals surface area (Å²) in [4.78, 5) is 49.5. The van der Waals surface area contributed by atoms with Crippen molar-refractivity contribution in [2.75, 3.05) is 5.75 Å². The minimum absolute atomic E-state index is 0.0592. The number of fused-ring (bicyclic) bond motifs is 3. The Labute approximate surface area is 170 Å². The van der Waals surface area contributed by atoms with Gasteiger partial charge in [0.1, 0.15) is 4.83 Å². The molecule has 3 heterocycles. The van der Waals surface area contributed by atoms with Gasteiger partial charge in [-0.25, -0.2) is 4.98 Å². The molecule has 0 aromatic carbocycles. The Morgan fingerprint density at radius 1 is 1.18 bits per heavy atom. The first-order chi connectivity index (χ1) is 13.4. The quantitative estimate of drug-likeness (QED) is 0.373. The van der Waals surface area contributed by atoms with Crippen LogP contribution in [-0.4, -0.2) is 32.3 Å². The first-order valence-corrected chi connectivity index (χ1v) is 11.1. The van der Waals surface area contributed by atoms with Gasteiger partial charge in [-0.1, -0.05) is 11.8 Å². The second-order valence-corrected chi connectivity index (χ2v) is 9.20. The highest BCUT2D eigenvalue weighted by Crippen LogP contribution is 2.34. The monoisotopic (exact) mass is 415 g/mol. The van der Waals surface area contributed by atoms with E-state index in [2.05, 4.69) is 15.0 Å². The zero-order chi connectivity index (χ0) is 20.0. The minimum Gasteiger partial charge on any atom is -0.355 e. The average Bonchev–Trinajstić information content (AvgIpc) is 3.16. The minimum atomic E-state index is -0.120. The van der Waals surface area contributed by atoms with Gasteiger partial charge in [-0.2, -0.15) is 0 Å². The number of rotatable bonds is 5. The highest BCUT2D eigenvalue weighted by Gasteiger charge is 2.22. The van der Waals surface area contributed by atoms with Gasteiger partial charge in [0.2, 0.25) is 0 Å². The van der Waals surface area contributed by atoms with Crippen LogP contribution in [0, 0.1) is 13.8 Å². The van der Waals surface area contributed by atoms with E-state index in [1.807, 2.05) is 0 Å². The molecule has 8 heteroatoms. The third-order valence-corrected chi connectivity index (χ3v) is 7.27. The lowest BCUT2D eigenvalue weighted by molar-refractivity contribution is 0.101. The number of thioether (sulfide) groups is 1. The van der Waals surface area contributed by atoms with Gasteiger partial charge in [0.25, 0.3) is 5.56 Å². The molecular weight excluding hydrogens is 394 g/mol. The second-order valence-electron chi connectivity index (χ2n) is 7.16. The van der Waals surface area contributed by atoms with Crippen molar-refractivity contribution in [2.45, 2.75) is 51.6 Å². The molecule has 0 atom stereocenters. The maximum absolute atomic E-state index is 12.7. The number of thiophene rings is 1. The highest BCUT2D eigenvalue weighted by molar-refractivity contribution is 7.99. The van der Waals surface area contributed by atoms with E-state index in [4.69, 9.17) is 0 Å². The molecule has 28 heavy (non-hydrogen) atoms. The Bertz CT molecular complexity index is 1170. The number of nitrogens with one attached hydrogen (secondary N) is 2. The second kappa shape index (κ2) is 7.33. The van der Waals surface area contributed by atoms with Crippen LogP contribution in [-0.2, 0) is 12.8 Å². The summed E-state index contributed by atoms with van der Waals surface area (Å²) >= 11 is 2.81. The molecule has 0 radical (unpaired) electrons. The van der Waals surface area contributed by atoms with Crippen LogP contribution >= 0.6 is 23.1 Å². The lowest BCUT2D eigenvalue weighted by Gasteiger charge is -2.09. The van der Waals surface area contributed by atoms with Crippen LogP contribution in [0.25, 0.3) is 10.2 Å². The molecule has 3 aromatic heterocycles. The average molecular weight is 416 g/mol. The summed E-state index contributed by atoms with van der Waals surface area (Å²) in [6.07, 6.45) is 4.22. The number of aromatic amines is 2. The van der Waals surface area contributed by atoms with Gasteiger partial charge in [0.15, 0.2) is 16.7 Å². The molecule has 146 valence electrons. The number of H-pyrrole nitrogens is 2. The summed E-state index contributed by atoms with van der Waals surface area (Å²) in [5, 5.41) is 1.18. The van der Waals surface area contributed by atoms with Crippen LogP contribution in [0.5, 0.6) is 0 Å². The Morgan fingerprint density at radius 2 is 1.93 bits per heavy atom. The molecular formula is C20H21N3O3S2. The molecule has 0 unspecified atom stereocenters. The Hall–Kier alpha value is -2.19. The van der Waals surface area contributed by atoms with Gasteiger partial charge in [0.05, 0.1) is 16.8 Å². The molecule has 1 aliphatic rings. The van der Waals surface area contributed by atoms with Crippen molar-refractivity contribution in [3.8, 4) is 0 Å². The fraction of sp³-hybridized carbons (Fsp3) is 0.400. The predicted octanol–water partition coefficient (Wildman–Crippen LogP) is 3.99. The number of hydrogen-bond acceptors (Lipinski definition) is 6. The SMILES string of the molecule is CC(=O)c1c(C)[nH]c(C(=O)CSc2nc3sc4c(c3c(=O)[nH]2)CCCC4)c1C. The fourth-order valence-electron chi connectivity index (χ4n) is 3.98. The summed E-state index contributed by atoms with van der Waals surface area (Å²) in [6, 6.07) is 0. The lowest BCUT2D eigenvalue weighted by atomic mass is 9.97. The van der Waals surface area contributed by atoms with Gasteiger partial charge in [0, 0.05) is 16.1 Å². The van der Waals surface area contributed by atoms with Crippen molar-refractivity contribution in [1.29, 1.82) is 0 Å². The zero-order valence-electron chi connectivity index (χ0n) is 16.0. The number of Topliss-reactive ketones (excluding diaryl/α,β-unsaturated/α-hetero) is 2. The molecule has 0 aliphatic heterocycles. The number of aryl methyl sites for hydroxylation is 3. The number of hydrogen-bond donors (Lipinski definition) is 2. The molecule has 0 saturated heterocycles. The summed E-state index contributed by atoms with van der Waals surface area (Å²) in [5.41, 5.74) is 3.44. The smallest absolute Gasteiger partial charge is 0.260 e. The van der Waals surface area contributed by atoms with E-state index in [-0.39, 0.29) is 22.9 Å². The van der Waals surface area contributed by atoms with Crippen LogP contribution < -0.4 is 5.56 Å². The Balaban J connectivity index is 1.58. The lowest BCUT2D eigenvalue weighted by Crippen LogP contribution is -2.12. The standard InChI is InChI=1S/C20H21N3O3S2/c1-9-15(11(3)24)10(2)21-17(9)13(25)8-27-20-22-18(26)16-12-6-4-5-7-14(12)28-19(16)23-20/h21H,4-8H2,1-3H3,(H,22,23,26). The molecule has 0 spiro atoms. The third-order valence-electron chi connectivity index (χ3n) is 5.21. The van der Waals surface area contributed by atoms with E-state index in [1.54, 1.807) is 25.2 Å². The van der Waals surface area contributed by atoms with Crippen LogP contribution in [0.15, 0.2) is 9.95 Å². The van der Waals surface area contributed by atoms with Gasteiger partial charge in [-0.05, 0) is 57.6 Å². The topological polar surface area (TPSA) is 95.7 Å². The van der Waals surface area contributed by atoms with E-state index in [1.165, 1.54) is 23.6 Å². The van der Waals surface area contributed by atoms with Gasteiger partial charge in [-0.3, -0.25) is 14.4 Å². The molecule has 0 fully saturated rings.